The van der Waals surface area contributed by atoms with E-state index < -0.39 is 0 Å². The molecule has 0 aliphatic heterocycles. The Hall–Kier alpha value is -2.43. The normalized spacial score (nSPS) is 10.2. The van der Waals surface area contributed by atoms with E-state index in [4.69, 9.17) is 10.5 Å². The minimum Gasteiger partial charge on any atom is -0.497 e. The first-order valence-electron chi connectivity index (χ1n) is 5.92. The van der Waals surface area contributed by atoms with E-state index in [0.717, 1.165) is 12.2 Å². The van der Waals surface area contributed by atoms with E-state index in [2.05, 4.69) is 9.97 Å². The number of nitrogen functional groups attached to an aromatic ring is 1. The number of methoxy groups -OCH3 is 1. The quantitative estimate of drug-likeness (QED) is 0.824. The number of aromatic nitrogens is 2. The minimum absolute atomic E-state index is 0.231. The third-order valence-electron chi connectivity index (χ3n) is 2.82. The van der Waals surface area contributed by atoms with Crippen LogP contribution in [0.4, 0.5) is 5.82 Å². The number of carbonyl (C=O) groups excluding carboxylic acids is 1. The Kier molecular flexibility index (Phi) is 4.07. The van der Waals surface area contributed by atoms with Crippen LogP contribution in [0, 0.1) is 0 Å². The van der Waals surface area contributed by atoms with Gasteiger partial charge in [-0.25, -0.2) is 9.97 Å². The van der Waals surface area contributed by atoms with Crippen molar-refractivity contribution in [1.29, 1.82) is 0 Å². The number of benzene rings is 1. The van der Waals surface area contributed by atoms with Gasteiger partial charge in [-0.1, -0.05) is 12.1 Å². The maximum atomic E-state index is 10.6. The highest BCUT2D eigenvalue weighted by Gasteiger charge is 2.04. The molecule has 0 radical (unpaired) electrons. The Bertz CT molecular complexity index is 567. The van der Waals surface area contributed by atoms with Gasteiger partial charge in [0.1, 0.15) is 17.4 Å². The van der Waals surface area contributed by atoms with Gasteiger partial charge in [0.05, 0.1) is 12.7 Å². The van der Waals surface area contributed by atoms with Crippen molar-refractivity contribution in [2.45, 2.75) is 12.8 Å². The maximum Gasteiger partial charge on any atom is 0.155 e. The summed E-state index contributed by atoms with van der Waals surface area (Å²) < 4.78 is 5.10. The molecule has 0 aliphatic rings. The zero-order valence-corrected chi connectivity index (χ0v) is 10.7. The smallest absolute Gasteiger partial charge is 0.155 e. The van der Waals surface area contributed by atoms with Crippen molar-refractivity contribution in [1.82, 2.24) is 9.97 Å². The van der Waals surface area contributed by atoms with Crippen molar-refractivity contribution in [3.63, 3.8) is 0 Å². The fourth-order valence-electron chi connectivity index (χ4n) is 1.70. The molecule has 0 aliphatic carbocycles. The van der Waals surface area contributed by atoms with Crippen molar-refractivity contribution in [2.24, 2.45) is 0 Å². The predicted molar refractivity (Wildman–Crippen MR) is 72.2 cm³/mol. The Labute approximate surface area is 111 Å². The van der Waals surface area contributed by atoms with Crippen LogP contribution in [0.5, 0.6) is 5.75 Å². The lowest BCUT2D eigenvalue weighted by Gasteiger charge is -2.04. The number of aryl methyl sites for hydroxylation is 2. The third-order valence-corrected chi connectivity index (χ3v) is 2.82. The van der Waals surface area contributed by atoms with Gasteiger partial charge in [-0.2, -0.15) is 0 Å². The van der Waals surface area contributed by atoms with Crippen molar-refractivity contribution in [2.75, 3.05) is 12.8 Å². The summed E-state index contributed by atoms with van der Waals surface area (Å²) in [6, 6.07) is 7.84. The summed E-state index contributed by atoms with van der Waals surface area (Å²) in [6.45, 7) is 0. The molecule has 0 unspecified atom stereocenters. The average Bonchev–Trinajstić information content (AvgIpc) is 2.46. The molecule has 0 amide bonds. The summed E-state index contributed by atoms with van der Waals surface area (Å²) in [6.07, 6.45) is 3.60. The van der Waals surface area contributed by atoms with Gasteiger partial charge in [-0.15, -0.1) is 0 Å². The van der Waals surface area contributed by atoms with E-state index in [1.807, 2.05) is 24.3 Å². The molecule has 0 atom stereocenters. The van der Waals surface area contributed by atoms with Crippen LogP contribution in [-0.4, -0.2) is 23.4 Å². The van der Waals surface area contributed by atoms with Gasteiger partial charge < -0.3 is 10.5 Å². The second-order valence-electron chi connectivity index (χ2n) is 4.09. The van der Waals surface area contributed by atoms with Gasteiger partial charge in [-0.05, 0) is 24.1 Å². The molecule has 1 heterocycles. The summed E-state index contributed by atoms with van der Waals surface area (Å²) in [5, 5.41) is 0. The highest BCUT2D eigenvalue weighted by molar-refractivity contribution is 5.80. The average molecular weight is 257 g/mol. The lowest BCUT2D eigenvalue weighted by molar-refractivity contribution is 0.112. The lowest BCUT2D eigenvalue weighted by atomic mass is 10.1. The molecule has 2 N–H and O–H groups in total. The fourth-order valence-corrected chi connectivity index (χ4v) is 1.70. The van der Waals surface area contributed by atoms with Gasteiger partial charge in [0.2, 0.25) is 0 Å². The van der Waals surface area contributed by atoms with Crippen LogP contribution >= 0.6 is 0 Å². The van der Waals surface area contributed by atoms with Crippen LogP contribution in [0.1, 0.15) is 21.7 Å². The summed E-state index contributed by atoms with van der Waals surface area (Å²) in [4.78, 5) is 18.8. The molecule has 19 heavy (non-hydrogen) atoms. The monoisotopic (exact) mass is 257 g/mol. The Morgan fingerprint density at radius 2 is 2.00 bits per heavy atom. The van der Waals surface area contributed by atoms with E-state index in [0.29, 0.717) is 24.1 Å². The molecule has 0 bridgehead atoms. The highest BCUT2D eigenvalue weighted by Crippen LogP contribution is 2.13. The molecular formula is C14H15N3O2. The van der Waals surface area contributed by atoms with E-state index in [1.54, 1.807) is 7.11 Å². The molecule has 5 nitrogen and oxygen atoms in total. The van der Waals surface area contributed by atoms with Crippen LogP contribution in [0.2, 0.25) is 0 Å². The second-order valence-corrected chi connectivity index (χ2v) is 4.09. The fraction of sp³-hybridized carbons (Fsp3) is 0.214. The maximum absolute atomic E-state index is 10.6. The number of anilines is 1. The first kappa shape index (κ1) is 13.0. The van der Waals surface area contributed by atoms with Crippen molar-refractivity contribution in [3.05, 3.63) is 47.4 Å². The van der Waals surface area contributed by atoms with Crippen LogP contribution in [0.25, 0.3) is 0 Å². The Balaban J connectivity index is 2.01. The van der Waals surface area contributed by atoms with Crippen LogP contribution < -0.4 is 10.5 Å². The molecular weight excluding hydrogens is 242 g/mol. The van der Waals surface area contributed by atoms with Crippen molar-refractivity contribution >= 4 is 12.1 Å². The summed E-state index contributed by atoms with van der Waals surface area (Å²) in [7, 11) is 1.64. The highest BCUT2D eigenvalue weighted by atomic mass is 16.5. The molecule has 0 saturated carbocycles. The molecule has 1 aromatic heterocycles. The second kappa shape index (κ2) is 5.95. The largest absolute Gasteiger partial charge is 0.497 e. The zero-order chi connectivity index (χ0) is 13.7. The first-order chi connectivity index (χ1) is 9.22. The number of aldehydes is 1. The summed E-state index contributed by atoms with van der Waals surface area (Å²) in [5.41, 5.74) is 7.14. The van der Waals surface area contributed by atoms with Gasteiger partial charge in [-0.3, -0.25) is 4.79 Å². The van der Waals surface area contributed by atoms with E-state index in [-0.39, 0.29) is 5.82 Å². The number of carbonyl (C=O) groups is 1. The minimum atomic E-state index is 0.231. The molecule has 1 aromatic carbocycles. The van der Waals surface area contributed by atoms with E-state index in [9.17, 15) is 4.79 Å². The van der Waals surface area contributed by atoms with Gasteiger partial charge >= 0.3 is 0 Å². The Morgan fingerprint density at radius 1 is 1.26 bits per heavy atom. The molecule has 0 fully saturated rings. The molecule has 2 aromatic rings. The Morgan fingerprint density at radius 3 is 2.58 bits per heavy atom. The third kappa shape index (κ3) is 3.28. The number of nitrogens with zero attached hydrogens (tertiary/aromatic N) is 2. The lowest BCUT2D eigenvalue weighted by Crippen LogP contribution is -2.04. The van der Waals surface area contributed by atoms with Crippen molar-refractivity contribution < 1.29 is 9.53 Å². The number of hydrogen-bond acceptors (Lipinski definition) is 5. The molecule has 2 rings (SSSR count). The number of rotatable bonds is 5. The number of hydrogen-bond donors (Lipinski definition) is 1. The van der Waals surface area contributed by atoms with Crippen LogP contribution in [0.3, 0.4) is 0 Å². The predicted octanol–water partition coefficient (Wildman–Crippen LogP) is 1.67. The first-order valence-corrected chi connectivity index (χ1v) is 5.92. The zero-order valence-electron chi connectivity index (χ0n) is 10.7. The van der Waals surface area contributed by atoms with E-state index in [1.165, 1.54) is 11.8 Å². The van der Waals surface area contributed by atoms with Crippen LogP contribution in [-0.2, 0) is 12.8 Å². The standard InChI is InChI=1S/C14H15N3O2/c1-19-12-5-2-10(3-6-12)4-7-13-16-8-11(9-18)14(15)17-13/h2-3,5-6,8-9H,4,7H2,1H3,(H2,15,16,17). The summed E-state index contributed by atoms with van der Waals surface area (Å²) in [5.74, 6) is 1.70. The number of nitrogens with two attached hydrogens (primary N) is 1. The number of ether oxygens (including phenoxy) is 1. The molecule has 5 heteroatoms. The molecule has 0 saturated heterocycles. The topological polar surface area (TPSA) is 78.1 Å². The molecule has 0 spiro atoms. The molecule has 98 valence electrons. The van der Waals surface area contributed by atoms with Gasteiger partial charge in [0.15, 0.2) is 6.29 Å². The van der Waals surface area contributed by atoms with E-state index >= 15 is 0 Å². The van der Waals surface area contributed by atoms with Gasteiger partial charge in [0.25, 0.3) is 0 Å². The van der Waals surface area contributed by atoms with Gasteiger partial charge in [0, 0.05) is 12.6 Å². The SMILES string of the molecule is COc1ccc(CCc2ncc(C=O)c(N)n2)cc1. The summed E-state index contributed by atoms with van der Waals surface area (Å²) >= 11 is 0. The van der Waals surface area contributed by atoms with Crippen LogP contribution in [0.15, 0.2) is 30.5 Å². The van der Waals surface area contributed by atoms with Crippen molar-refractivity contribution in [3.8, 4) is 5.75 Å².